The molecule has 3 amide bonds. The standard InChI is InChI=1S/C21H30F2N4O4/c1-31-13-3-8-24-19(28)15-26-9-11-27(12-10-26)20(29)4-2-7-25-21(30)17-6-5-16(22)14-18(17)23/h5-6,14H,2-4,7-13,15H2,1H3,(H,24,28)(H,25,30). The van der Waals surface area contributed by atoms with Crippen LogP contribution >= 0.6 is 0 Å². The molecule has 1 heterocycles. The Balaban J connectivity index is 1.60. The molecule has 1 aromatic rings. The number of benzene rings is 1. The summed E-state index contributed by atoms with van der Waals surface area (Å²) in [5.74, 6) is -2.37. The predicted molar refractivity (Wildman–Crippen MR) is 110 cm³/mol. The van der Waals surface area contributed by atoms with Crippen LogP contribution in [0.3, 0.4) is 0 Å². The molecule has 1 aliphatic heterocycles. The molecule has 0 saturated carbocycles. The van der Waals surface area contributed by atoms with Gasteiger partial charge in [0, 0.05) is 65.5 Å². The highest BCUT2D eigenvalue weighted by Crippen LogP contribution is 2.09. The van der Waals surface area contributed by atoms with E-state index in [4.69, 9.17) is 4.74 Å². The van der Waals surface area contributed by atoms with Crippen LogP contribution < -0.4 is 10.6 Å². The Labute approximate surface area is 180 Å². The lowest BCUT2D eigenvalue weighted by molar-refractivity contribution is -0.133. The Morgan fingerprint density at radius 2 is 1.74 bits per heavy atom. The third-order valence-electron chi connectivity index (χ3n) is 4.97. The van der Waals surface area contributed by atoms with Crippen molar-refractivity contribution in [1.82, 2.24) is 20.4 Å². The summed E-state index contributed by atoms with van der Waals surface area (Å²) in [6.07, 6.45) is 1.44. The van der Waals surface area contributed by atoms with Crippen LogP contribution in [0.1, 0.15) is 29.6 Å². The van der Waals surface area contributed by atoms with E-state index in [2.05, 4.69) is 10.6 Å². The summed E-state index contributed by atoms with van der Waals surface area (Å²) in [6.45, 7) is 4.04. The number of nitrogens with zero attached hydrogens (tertiary/aromatic N) is 2. The number of nitrogens with one attached hydrogen (secondary N) is 2. The number of hydrogen-bond donors (Lipinski definition) is 2. The van der Waals surface area contributed by atoms with Crippen molar-refractivity contribution in [1.29, 1.82) is 0 Å². The van der Waals surface area contributed by atoms with Gasteiger partial charge in [-0.15, -0.1) is 0 Å². The Kier molecular flexibility index (Phi) is 10.3. The Bertz CT molecular complexity index is 755. The zero-order valence-corrected chi connectivity index (χ0v) is 17.8. The van der Waals surface area contributed by atoms with Crippen molar-refractivity contribution in [2.75, 3.05) is 59.5 Å². The Morgan fingerprint density at radius 3 is 2.42 bits per heavy atom. The smallest absolute Gasteiger partial charge is 0.254 e. The van der Waals surface area contributed by atoms with Gasteiger partial charge in [0.05, 0.1) is 12.1 Å². The fourth-order valence-corrected chi connectivity index (χ4v) is 3.23. The van der Waals surface area contributed by atoms with Gasteiger partial charge >= 0.3 is 0 Å². The summed E-state index contributed by atoms with van der Waals surface area (Å²) >= 11 is 0. The largest absolute Gasteiger partial charge is 0.385 e. The van der Waals surface area contributed by atoms with E-state index in [0.29, 0.717) is 58.4 Å². The molecule has 0 bridgehead atoms. The van der Waals surface area contributed by atoms with Crippen molar-refractivity contribution in [2.24, 2.45) is 0 Å². The normalized spacial score (nSPS) is 14.4. The summed E-state index contributed by atoms with van der Waals surface area (Å²) in [5, 5.41) is 5.38. The molecule has 172 valence electrons. The molecule has 0 aromatic heterocycles. The Hall–Kier alpha value is -2.59. The zero-order chi connectivity index (χ0) is 22.6. The number of carbonyl (C=O) groups is 3. The van der Waals surface area contributed by atoms with Crippen LogP contribution in [0, 0.1) is 11.6 Å². The van der Waals surface area contributed by atoms with Crippen molar-refractivity contribution in [3.05, 3.63) is 35.4 Å². The van der Waals surface area contributed by atoms with Gasteiger partial charge < -0.3 is 20.3 Å². The van der Waals surface area contributed by atoms with Crippen LogP contribution in [-0.4, -0.2) is 87.1 Å². The first-order valence-electron chi connectivity index (χ1n) is 10.4. The highest BCUT2D eigenvalue weighted by atomic mass is 19.1. The fraction of sp³-hybridized carbons (Fsp3) is 0.571. The average molecular weight is 440 g/mol. The molecular weight excluding hydrogens is 410 g/mol. The third kappa shape index (κ3) is 8.58. The molecule has 2 rings (SSSR count). The number of piperazine rings is 1. The van der Waals surface area contributed by atoms with Gasteiger partial charge in [0.1, 0.15) is 11.6 Å². The summed E-state index contributed by atoms with van der Waals surface area (Å²) < 4.78 is 31.4. The van der Waals surface area contributed by atoms with Crippen LogP contribution in [0.4, 0.5) is 8.78 Å². The quantitative estimate of drug-likeness (QED) is 0.496. The molecule has 1 fully saturated rings. The Morgan fingerprint density at radius 1 is 1.03 bits per heavy atom. The maximum Gasteiger partial charge on any atom is 0.254 e. The molecule has 0 atom stereocenters. The van der Waals surface area contributed by atoms with Crippen molar-refractivity contribution in [2.45, 2.75) is 19.3 Å². The van der Waals surface area contributed by atoms with E-state index < -0.39 is 17.5 Å². The first kappa shape index (κ1) is 24.7. The maximum atomic E-state index is 13.6. The predicted octanol–water partition coefficient (Wildman–Crippen LogP) is 0.772. The highest BCUT2D eigenvalue weighted by molar-refractivity contribution is 5.94. The second-order valence-corrected chi connectivity index (χ2v) is 7.34. The van der Waals surface area contributed by atoms with Gasteiger partial charge in [0.2, 0.25) is 11.8 Å². The summed E-state index contributed by atoms with van der Waals surface area (Å²) in [5.41, 5.74) is -0.230. The van der Waals surface area contributed by atoms with Crippen LogP contribution in [0.5, 0.6) is 0 Å². The third-order valence-corrected chi connectivity index (χ3v) is 4.97. The van der Waals surface area contributed by atoms with Crippen LogP contribution in [0.15, 0.2) is 18.2 Å². The van der Waals surface area contributed by atoms with E-state index in [9.17, 15) is 23.2 Å². The van der Waals surface area contributed by atoms with Crippen molar-refractivity contribution < 1.29 is 27.9 Å². The number of amides is 3. The molecule has 1 saturated heterocycles. The lowest BCUT2D eigenvalue weighted by atomic mass is 10.2. The number of carbonyl (C=O) groups excluding carboxylic acids is 3. The van der Waals surface area contributed by atoms with E-state index in [1.807, 2.05) is 4.90 Å². The minimum absolute atomic E-state index is 0.0223. The first-order valence-corrected chi connectivity index (χ1v) is 10.4. The molecule has 1 aromatic carbocycles. The van der Waals surface area contributed by atoms with E-state index in [0.717, 1.165) is 18.6 Å². The average Bonchev–Trinajstić information content (AvgIpc) is 2.74. The van der Waals surface area contributed by atoms with Gasteiger partial charge in [-0.3, -0.25) is 19.3 Å². The highest BCUT2D eigenvalue weighted by Gasteiger charge is 2.22. The number of rotatable bonds is 11. The SMILES string of the molecule is COCCCNC(=O)CN1CCN(C(=O)CCCNC(=O)c2ccc(F)cc2F)CC1. The van der Waals surface area contributed by atoms with Gasteiger partial charge in [-0.05, 0) is 25.0 Å². The summed E-state index contributed by atoms with van der Waals surface area (Å²) in [7, 11) is 1.62. The lowest BCUT2D eigenvalue weighted by Crippen LogP contribution is -2.51. The number of halogens is 2. The van der Waals surface area contributed by atoms with Crippen molar-refractivity contribution >= 4 is 17.7 Å². The molecule has 0 radical (unpaired) electrons. The van der Waals surface area contributed by atoms with Gasteiger partial charge in [-0.2, -0.15) is 0 Å². The van der Waals surface area contributed by atoms with Crippen molar-refractivity contribution in [3.63, 3.8) is 0 Å². The van der Waals surface area contributed by atoms with Gasteiger partial charge in [0.15, 0.2) is 0 Å². The zero-order valence-electron chi connectivity index (χ0n) is 17.8. The second kappa shape index (κ2) is 13.0. The van der Waals surface area contributed by atoms with E-state index in [1.165, 1.54) is 0 Å². The number of hydrogen-bond acceptors (Lipinski definition) is 5. The topological polar surface area (TPSA) is 91.0 Å². The van der Waals surface area contributed by atoms with Crippen LogP contribution in [0.25, 0.3) is 0 Å². The van der Waals surface area contributed by atoms with Gasteiger partial charge in [-0.25, -0.2) is 8.78 Å². The van der Waals surface area contributed by atoms with E-state index in [-0.39, 0.29) is 30.3 Å². The van der Waals surface area contributed by atoms with E-state index in [1.54, 1.807) is 12.0 Å². The lowest BCUT2D eigenvalue weighted by Gasteiger charge is -2.34. The molecule has 31 heavy (non-hydrogen) atoms. The fourth-order valence-electron chi connectivity index (χ4n) is 3.23. The van der Waals surface area contributed by atoms with Gasteiger partial charge in [0.25, 0.3) is 5.91 Å². The molecule has 8 nitrogen and oxygen atoms in total. The number of methoxy groups -OCH3 is 1. The minimum atomic E-state index is -0.921. The first-order chi connectivity index (χ1) is 14.9. The molecular formula is C21H30F2N4O4. The molecule has 1 aliphatic rings. The van der Waals surface area contributed by atoms with Gasteiger partial charge in [-0.1, -0.05) is 0 Å². The molecule has 2 N–H and O–H groups in total. The summed E-state index contributed by atoms with van der Waals surface area (Å²) in [4.78, 5) is 39.9. The minimum Gasteiger partial charge on any atom is -0.385 e. The monoisotopic (exact) mass is 440 g/mol. The second-order valence-electron chi connectivity index (χ2n) is 7.34. The molecule has 0 aliphatic carbocycles. The maximum absolute atomic E-state index is 13.6. The van der Waals surface area contributed by atoms with Crippen LogP contribution in [0.2, 0.25) is 0 Å². The molecule has 10 heteroatoms. The molecule has 0 spiro atoms. The number of ether oxygens (including phenoxy) is 1. The molecule has 0 unspecified atom stereocenters. The van der Waals surface area contributed by atoms with E-state index >= 15 is 0 Å². The van der Waals surface area contributed by atoms with Crippen molar-refractivity contribution in [3.8, 4) is 0 Å². The summed E-state index contributed by atoms with van der Waals surface area (Å²) in [6, 6.07) is 2.76. The van der Waals surface area contributed by atoms with Crippen LogP contribution in [-0.2, 0) is 14.3 Å².